The van der Waals surface area contributed by atoms with Crippen LogP contribution in [-0.4, -0.2) is 29.4 Å². The zero-order valence-electron chi connectivity index (χ0n) is 6.88. The SMILES string of the molecule is O=C1C[C@H]2CCCCN2C(=O)N1. The Morgan fingerprint density at radius 1 is 1.33 bits per heavy atom. The van der Waals surface area contributed by atoms with Gasteiger partial charge in [0.1, 0.15) is 0 Å². The number of imide groups is 1. The minimum Gasteiger partial charge on any atom is -0.321 e. The third-order valence-electron chi connectivity index (χ3n) is 2.56. The molecule has 0 aromatic heterocycles. The molecule has 12 heavy (non-hydrogen) atoms. The van der Waals surface area contributed by atoms with E-state index >= 15 is 0 Å². The third-order valence-corrected chi connectivity index (χ3v) is 2.56. The molecule has 0 aromatic rings. The van der Waals surface area contributed by atoms with Crippen LogP contribution in [0.2, 0.25) is 0 Å². The zero-order chi connectivity index (χ0) is 8.55. The molecule has 4 heteroatoms. The minimum absolute atomic E-state index is 0.122. The number of urea groups is 1. The Balaban J connectivity index is 2.11. The normalized spacial score (nSPS) is 29.7. The molecule has 0 bridgehead atoms. The molecule has 2 heterocycles. The summed E-state index contributed by atoms with van der Waals surface area (Å²) >= 11 is 0. The summed E-state index contributed by atoms with van der Waals surface area (Å²) in [4.78, 5) is 24.0. The van der Waals surface area contributed by atoms with E-state index in [1.54, 1.807) is 4.90 Å². The number of hydrogen-bond acceptors (Lipinski definition) is 2. The number of carbonyl (C=O) groups is 2. The maximum Gasteiger partial charge on any atom is 0.324 e. The van der Waals surface area contributed by atoms with Gasteiger partial charge in [0.05, 0.1) is 0 Å². The van der Waals surface area contributed by atoms with Crippen LogP contribution >= 0.6 is 0 Å². The van der Waals surface area contributed by atoms with E-state index in [1.165, 1.54) is 0 Å². The van der Waals surface area contributed by atoms with E-state index in [0.717, 1.165) is 25.8 Å². The summed E-state index contributed by atoms with van der Waals surface area (Å²) in [5, 5.41) is 2.33. The lowest BCUT2D eigenvalue weighted by molar-refractivity contribution is -0.123. The van der Waals surface area contributed by atoms with Crippen LogP contribution in [-0.2, 0) is 4.79 Å². The van der Waals surface area contributed by atoms with Crippen molar-refractivity contribution in [3.63, 3.8) is 0 Å². The van der Waals surface area contributed by atoms with Crippen LogP contribution < -0.4 is 5.32 Å². The predicted molar refractivity (Wildman–Crippen MR) is 42.5 cm³/mol. The van der Waals surface area contributed by atoms with Gasteiger partial charge >= 0.3 is 6.03 Å². The second-order valence-electron chi connectivity index (χ2n) is 3.40. The van der Waals surface area contributed by atoms with Crippen LogP contribution in [0.15, 0.2) is 0 Å². The van der Waals surface area contributed by atoms with Crippen LogP contribution in [0.5, 0.6) is 0 Å². The van der Waals surface area contributed by atoms with Gasteiger partial charge < -0.3 is 4.90 Å². The molecule has 3 amide bonds. The van der Waals surface area contributed by atoms with E-state index in [1.807, 2.05) is 0 Å². The highest BCUT2D eigenvalue weighted by atomic mass is 16.2. The van der Waals surface area contributed by atoms with Crippen molar-refractivity contribution in [2.75, 3.05) is 6.54 Å². The summed E-state index contributed by atoms with van der Waals surface area (Å²) in [6.07, 6.45) is 3.69. The van der Waals surface area contributed by atoms with Crippen LogP contribution in [0.1, 0.15) is 25.7 Å². The number of hydrogen-bond donors (Lipinski definition) is 1. The highest BCUT2D eigenvalue weighted by Crippen LogP contribution is 2.21. The molecule has 4 nitrogen and oxygen atoms in total. The van der Waals surface area contributed by atoms with Crippen LogP contribution in [0.3, 0.4) is 0 Å². The van der Waals surface area contributed by atoms with Crippen molar-refractivity contribution >= 4 is 11.9 Å². The van der Waals surface area contributed by atoms with Gasteiger partial charge in [-0.2, -0.15) is 0 Å². The van der Waals surface area contributed by atoms with E-state index in [-0.39, 0.29) is 18.0 Å². The number of nitrogens with zero attached hydrogens (tertiary/aromatic N) is 1. The third kappa shape index (κ3) is 1.17. The first-order valence-corrected chi connectivity index (χ1v) is 4.38. The molecule has 2 rings (SSSR count). The first-order valence-electron chi connectivity index (χ1n) is 4.38. The molecule has 1 N–H and O–H groups in total. The van der Waals surface area contributed by atoms with Crippen LogP contribution in [0.25, 0.3) is 0 Å². The smallest absolute Gasteiger partial charge is 0.321 e. The van der Waals surface area contributed by atoms with Gasteiger partial charge in [0.2, 0.25) is 5.91 Å². The molecule has 0 saturated carbocycles. The van der Waals surface area contributed by atoms with E-state index in [9.17, 15) is 9.59 Å². The maximum atomic E-state index is 11.2. The Morgan fingerprint density at radius 3 is 3.00 bits per heavy atom. The number of rotatable bonds is 0. The van der Waals surface area contributed by atoms with Crippen molar-refractivity contribution in [3.8, 4) is 0 Å². The van der Waals surface area contributed by atoms with Gasteiger partial charge in [0, 0.05) is 19.0 Å². The van der Waals surface area contributed by atoms with Crippen molar-refractivity contribution in [2.24, 2.45) is 0 Å². The Morgan fingerprint density at radius 2 is 2.17 bits per heavy atom. The lowest BCUT2D eigenvalue weighted by Crippen LogP contribution is -2.56. The average Bonchev–Trinajstić information content (AvgIpc) is 2.04. The van der Waals surface area contributed by atoms with Gasteiger partial charge in [-0.25, -0.2) is 4.79 Å². The van der Waals surface area contributed by atoms with Gasteiger partial charge in [0.15, 0.2) is 0 Å². The molecular formula is C8H12N2O2. The van der Waals surface area contributed by atoms with Crippen molar-refractivity contribution in [1.29, 1.82) is 0 Å². The molecule has 0 aromatic carbocycles. The maximum absolute atomic E-state index is 11.2. The Kier molecular flexibility index (Phi) is 1.75. The molecule has 2 fully saturated rings. The quantitative estimate of drug-likeness (QED) is 0.572. The lowest BCUT2D eigenvalue weighted by atomic mass is 9.98. The number of piperidine rings is 1. The molecule has 2 aliphatic rings. The van der Waals surface area contributed by atoms with Gasteiger partial charge in [-0.05, 0) is 19.3 Å². The molecule has 2 saturated heterocycles. The molecular weight excluding hydrogens is 156 g/mol. The molecule has 2 aliphatic heterocycles. The zero-order valence-corrected chi connectivity index (χ0v) is 6.88. The molecule has 0 spiro atoms. The number of carbonyl (C=O) groups excluding carboxylic acids is 2. The lowest BCUT2D eigenvalue weighted by Gasteiger charge is -2.38. The van der Waals surface area contributed by atoms with E-state index in [2.05, 4.69) is 5.32 Å². The fourth-order valence-corrected chi connectivity index (χ4v) is 1.94. The van der Waals surface area contributed by atoms with Crippen molar-refractivity contribution in [2.45, 2.75) is 31.7 Å². The van der Waals surface area contributed by atoms with Gasteiger partial charge in [-0.3, -0.25) is 10.1 Å². The van der Waals surface area contributed by atoms with E-state index < -0.39 is 0 Å². The summed E-state index contributed by atoms with van der Waals surface area (Å²) < 4.78 is 0. The Hall–Kier alpha value is -1.06. The molecule has 66 valence electrons. The molecule has 0 radical (unpaired) electrons. The second kappa shape index (κ2) is 2.77. The Labute approximate surface area is 70.9 Å². The highest BCUT2D eigenvalue weighted by molar-refractivity contribution is 5.97. The molecule has 0 unspecified atom stereocenters. The number of fused-ring (bicyclic) bond motifs is 1. The van der Waals surface area contributed by atoms with Gasteiger partial charge in [-0.15, -0.1) is 0 Å². The molecule has 0 aliphatic carbocycles. The predicted octanol–water partition coefficient (Wildman–Crippen LogP) is 0.481. The van der Waals surface area contributed by atoms with E-state index in [4.69, 9.17) is 0 Å². The number of amides is 3. The van der Waals surface area contributed by atoms with Crippen molar-refractivity contribution < 1.29 is 9.59 Å². The van der Waals surface area contributed by atoms with Gasteiger partial charge in [0.25, 0.3) is 0 Å². The summed E-state index contributed by atoms with van der Waals surface area (Å²) in [5.74, 6) is -0.122. The van der Waals surface area contributed by atoms with Crippen molar-refractivity contribution in [1.82, 2.24) is 10.2 Å². The highest BCUT2D eigenvalue weighted by Gasteiger charge is 2.33. The summed E-state index contributed by atoms with van der Waals surface area (Å²) in [6, 6.07) is -0.0176. The topological polar surface area (TPSA) is 49.4 Å². The fourth-order valence-electron chi connectivity index (χ4n) is 1.94. The van der Waals surface area contributed by atoms with Crippen LogP contribution in [0.4, 0.5) is 4.79 Å². The number of nitrogens with one attached hydrogen (secondary N) is 1. The standard InChI is InChI=1S/C8H12N2O2/c11-7-5-6-3-1-2-4-10(6)8(12)9-7/h6H,1-5H2,(H,9,11,12)/t6-/m1/s1. The van der Waals surface area contributed by atoms with E-state index in [0.29, 0.717) is 6.42 Å². The summed E-state index contributed by atoms with van der Waals surface area (Å²) in [6.45, 7) is 0.809. The monoisotopic (exact) mass is 168 g/mol. The second-order valence-corrected chi connectivity index (χ2v) is 3.40. The summed E-state index contributed by atoms with van der Waals surface area (Å²) in [5.41, 5.74) is 0. The summed E-state index contributed by atoms with van der Waals surface area (Å²) in [7, 11) is 0. The molecule has 1 atom stereocenters. The fraction of sp³-hybridized carbons (Fsp3) is 0.750. The first-order chi connectivity index (χ1) is 5.77. The average molecular weight is 168 g/mol. The minimum atomic E-state index is -0.198. The first kappa shape index (κ1) is 7.58. The van der Waals surface area contributed by atoms with Crippen molar-refractivity contribution in [3.05, 3.63) is 0 Å². The Bertz CT molecular complexity index is 227. The van der Waals surface area contributed by atoms with Crippen LogP contribution in [0, 0.1) is 0 Å². The largest absolute Gasteiger partial charge is 0.324 e. The van der Waals surface area contributed by atoms with Gasteiger partial charge in [-0.1, -0.05) is 0 Å².